The number of aliphatic hydroxyl groups is 1. The van der Waals surface area contributed by atoms with Crippen LogP contribution in [0.3, 0.4) is 0 Å². The predicted molar refractivity (Wildman–Crippen MR) is 114 cm³/mol. The average molecular weight is 462 g/mol. The summed E-state index contributed by atoms with van der Waals surface area (Å²) in [5.41, 5.74) is 0. The van der Waals surface area contributed by atoms with Crippen molar-refractivity contribution >= 4 is 45.3 Å². The molecule has 2 aromatic rings. The summed E-state index contributed by atoms with van der Waals surface area (Å²) < 4.78 is 25.5. The van der Waals surface area contributed by atoms with Crippen LogP contribution in [-0.2, 0) is 10.0 Å². The number of aliphatic hydroxyl groups excluding tert-OH is 1. The number of nitrogens with one attached hydrogen (secondary N) is 2. The fourth-order valence-corrected chi connectivity index (χ4v) is 3.70. The van der Waals surface area contributed by atoms with Crippen molar-refractivity contribution in [3.05, 3.63) is 23.2 Å². The number of rotatable bonds is 10. The first kappa shape index (κ1) is 23.5. The maximum Gasteiger partial charge on any atom is 0.242 e. The van der Waals surface area contributed by atoms with Crippen LogP contribution in [0.5, 0.6) is 0 Å². The minimum absolute atomic E-state index is 0.113. The molecule has 2 aromatic heterocycles. The molecule has 0 aromatic carbocycles. The lowest BCUT2D eigenvalue weighted by Crippen LogP contribution is -2.27. The van der Waals surface area contributed by atoms with E-state index in [0.717, 1.165) is 6.26 Å². The van der Waals surface area contributed by atoms with Crippen LogP contribution < -0.4 is 10.0 Å². The Morgan fingerprint density at radius 2 is 1.76 bits per heavy atom. The second-order valence-electron chi connectivity index (χ2n) is 6.81. The number of thioether (sulfide) groups is 1. The van der Waals surface area contributed by atoms with Gasteiger partial charge in [0.2, 0.25) is 21.9 Å². The number of nitrogens with zero attached hydrogens (tertiary/aromatic N) is 5. The van der Waals surface area contributed by atoms with Crippen LogP contribution in [0.4, 0.5) is 11.9 Å². The van der Waals surface area contributed by atoms with Gasteiger partial charge in [0.05, 0.1) is 29.2 Å². The normalized spacial score (nSPS) is 13.9. The standard InChI is InChI=1S/C16H24ClN7O3S2/c1-9(2)5-12(8-25)20-14-21-15(24-29(4,26)27)23-16(22-14)28-10(3)13-18-6-11(17)7-19-13/h6-7,9-10,12,25H,5,8H2,1-4H3,(H2,20,21,22,23,24)/t10?,12-/m1/s1. The van der Waals surface area contributed by atoms with E-state index in [9.17, 15) is 13.5 Å². The van der Waals surface area contributed by atoms with Gasteiger partial charge in [-0.25, -0.2) is 18.4 Å². The zero-order chi connectivity index (χ0) is 21.6. The van der Waals surface area contributed by atoms with Crippen LogP contribution in [0.25, 0.3) is 0 Å². The van der Waals surface area contributed by atoms with Crippen molar-refractivity contribution < 1.29 is 13.5 Å². The quantitative estimate of drug-likeness (QED) is 0.451. The molecule has 10 nitrogen and oxygen atoms in total. The Balaban J connectivity index is 2.29. The second kappa shape index (κ2) is 10.3. The van der Waals surface area contributed by atoms with Crippen molar-refractivity contribution in [1.82, 2.24) is 24.9 Å². The van der Waals surface area contributed by atoms with Crippen LogP contribution in [0.2, 0.25) is 5.02 Å². The van der Waals surface area contributed by atoms with Crippen LogP contribution in [-0.4, -0.2) is 57.3 Å². The van der Waals surface area contributed by atoms with Crippen molar-refractivity contribution in [3.8, 4) is 0 Å². The molecular weight excluding hydrogens is 438 g/mol. The summed E-state index contributed by atoms with van der Waals surface area (Å²) in [7, 11) is -3.58. The molecule has 0 bridgehead atoms. The SMILES string of the molecule is CC(C)C[C@H](CO)Nc1nc(NS(C)(=O)=O)nc(SC(C)c2ncc(Cl)cn2)n1. The highest BCUT2D eigenvalue weighted by Crippen LogP contribution is 2.31. The molecule has 0 amide bonds. The first-order chi connectivity index (χ1) is 13.6. The van der Waals surface area contributed by atoms with Gasteiger partial charge < -0.3 is 10.4 Å². The molecule has 0 fully saturated rings. The molecule has 2 heterocycles. The summed E-state index contributed by atoms with van der Waals surface area (Å²) in [5, 5.41) is 13.1. The molecule has 0 radical (unpaired) electrons. The largest absolute Gasteiger partial charge is 0.394 e. The van der Waals surface area contributed by atoms with Crippen LogP contribution in [0, 0.1) is 5.92 Å². The fourth-order valence-electron chi connectivity index (χ4n) is 2.36. The Morgan fingerprint density at radius 3 is 2.31 bits per heavy atom. The van der Waals surface area contributed by atoms with Crippen molar-refractivity contribution in [2.45, 2.75) is 43.6 Å². The maximum absolute atomic E-state index is 11.6. The Labute approximate surface area is 179 Å². The molecule has 2 rings (SSSR count). The third-order valence-electron chi connectivity index (χ3n) is 3.49. The maximum atomic E-state index is 11.6. The zero-order valence-corrected chi connectivity index (χ0v) is 18.9. The van der Waals surface area contributed by atoms with E-state index < -0.39 is 10.0 Å². The smallest absolute Gasteiger partial charge is 0.242 e. The van der Waals surface area contributed by atoms with Crippen LogP contribution >= 0.6 is 23.4 Å². The van der Waals surface area contributed by atoms with E-state index >= 15 is 0 Å². The Kier molecular flexibility index (Phi) is 8.37. The first-order valence-electron chi connectivity index (χ1n) is 8.81. The van der Waals surface area contributed by atoms with Crippen LogP contribution in [0.15, 0.2) is 17.6 Å². The molecule has 0 saturated carbocycles. The zero-order valence-electron chi connectivity index (χ0n) is 16.5. The minimum atomic E-state index is -3.58. The lowest BCUT2D eigenvalue weighted by Gasteiger charge is -2.19. The number of hydrogen-bond donors (Lipinski definition) is 3. The molecule has 160 valence electrons. The van der Waals surface area contributed by atoms with Crippen molar-refractivity contribution in [3.63, 3.8) is 0 Å². The lowest BCUT2D eigenvalue weighted by molar-refractivity contribution is 0.259. The van der Waals surface area contributed by atoms with E-state index in [1.54, 1.807) is 0 Å². The number of anilines is 2. The van der Waals surface area contributed by atoms with E-state index in [4.69, 9.17) is 11.6 Å². The molecule has 0 aliphatic heterocycles. The van der Waals surface area contributed by atoms with E-state index in [1.165, 1.54) is 24.2 Å². The summed E-state index contributed by atoms with van der Waals surface area (Å²) in [6, 6.07) is -0.279. The highest BCUT2D eigenvalue weighted by Gasteiger charge is 2.18. The molecule has 0 aliphatic rings. The van der Waals surface area contributed by atoms with Gasteiger partial charge in [-0.2, -0.15) is 15.0 Å². The summed E-state index contributed by atoms with van der Waals surface area (Å²) in [6.07, 6.45) is 4.69. The van der Waals surface area contributed by atoms with Gasteiger partial charge >= 0.3 is 0 Å². The van der Waals surface area contributed by atoms with Gasteiger partial charge in [-0.3, -0.25) is 4.72 Å². The van der Waals surface area contributed by atoms with Gasteiger partial charge in [0.25, 0.3) is 0 Å². The summed E-state index contributed by atoms with van der Waals surface area (Å²) in [5.74, 6) is 0.918. The van der Waals surface area contributed by atoms with Gasteiger partial charge in [-0.05, 0) is 19.3 Å². The van der Waals surface area contributed by atoms with Crippen molar-refractivity contribution in [2.75, 3.05) is 22.9 Å². The molecule has 13 heteroatoms. The van der Waals surface area contributed by atoms with E-state index in [0.29, 0.717) is 23.2 Å². The third-order valence-corrected chi connectivity index (χ3v) is 5.19. The van der Waals surface area contributed by atoms with E-state index in [2.05, 4.69) is 35.0 Å². The first-order valence-corrected chi connectivity index (χ1v) is 12.0. The summed E-state index contributed by atoms with van der Waals surface area (Å²) >= 11 is 7.06. The predicted octanol–water partition coefficient (Wildman–Crippen LogP) is 2.36. The van der Waals surface area contributed by atoms with Crippen molar-refractivity contribution in [2.24, 2.45) is 5.92 Å². The molecule has 29 heavy (non-hydrogen) atoms. The molecule has 0 saturated heterocycles. The Hall–Kier alpha value is -1.76. The molecule has 3 N–H and O–H groups in total. The molecule has 1 unspecified atom stereocenters. The Morgan fingerprint density at radius 1 is 1.14 bits per heavy atom. The second-order valence-corrected chi connectivity index (χ2v) is 10.3. The van der Waals surface area contributed by atoms with Gasteiger partial charge in [0.15, 0.2) is 5.16 Å². The third kappa shape index (κ3) is 8.25. The lowest BCUT2D eigenvalue weighted by atomic mass is 10.0. The number of sulfonamides is 1. The topological polar surface area (TPSA) is 143 Å². The monoisotopic (exact) mass is 461 g/mol. The van der Waals surface area contributed by atoms with Gasteiger partial charge in [0.1, 0.15) is 5.82 Å². The molecular formula is C16H24ClN7O3S2. The Bertz CT molecular complexity index is 913. The van der Waals surface area contributed by atoms with Crippen molar-refractivity contribution in [1.29, 1.82) is 0 Å². The van der Waals surface area contributed by atoms with Gasteiger partial charge in [0, 0.05) is 12.4 Å². The highest BCUT2D eigenvalue weighted by atomic mass is 35.5. The van der Waals surface area contributed by atoms with Gasteiger partial charge in [-0.15, -0.1) is 0 Å². The average Bonchev–Trinajstić information content (AvgIpc) is 2.59. The van der Waals surface area contributed by atoms with Crippen LogP contribution in [0.1, 0.15) is 38.3 Å². The minimum Gasteiger partial charge on any atom is -0.394 e. The number of aromatic nitrogens is 5. The molecule has 2 atom stereocenters. The number of halogens is 1. The molecule has 0 spiro atoms. The fraction of sp³-hybridized carbons (Fsp3) is 0.562. The summed E-state index contributed by atoms with van der Waals surface area (Å²) in [6.45, 7) is 5.81. The van der Waals surface area contributed by atoms with E-state index in [1.807, 2.05) is 20.8 Å². The molecule has 0 aliphatic carbocycles. The van der Waals surface area contributed by atoms with Gasteiger partial charge in [-0.1, -0.05) is 37.2 Å². The number of hydrogen-bond acceptors (Lipinski definition) is 10. The highest BCUT2D eigenvalue weighted by molar-refractivity contribution is 7.99. The summed E-state index contributed by atoms with van der Waals surface area (Å²) in [4.78, 5) is 21.0. The van der Waals surface area contributed by atoms with E-state index in [-0.39, 0.29) is 35.0 Å².